The summed E-state index contributed by atoms with van der Waals surface area (Å²) in [5.74, 6) is -2.15. The second-order valence-corrected chi connectivity index (χ2v) is 8.61. The van der Waals surface area contributed by atoms with Crippen molar-refractivity contribution >= 4 is 39.0 Å². The zero-order valence-electron chi connectivity index (χ0n) is 16.9. The lowest BCUT2D eigenvalue weighted by Gasteiger charge is -2.15. The number of benzene rings is 1. The molecule has 0 spiro atoms. The third-order valence-corrected chi connectivity index (χ3v) is 6.22. The summed E-state index contributed by atoms with van der Waals surface area (Å²) in [4.78, 5) is 21.1. The number of hydrazone groups is 1. The zero-order valence-corrected chi connectivity index (χ0v) is 17.8. The van der Waals surface area contributed by atoms with Crippen molar-refractivity contribution in [3.8, 4) is 0 Å². The number of aryl methyl sites for hydroxylation is 1. The van der Waals surface area contributed by atoms with Crippen LogP contribution in [0, 0.1) is 17.0 Å². The van der Waals surface area contributed by atoms with Gasteiger partial charge in [-0.3, -0.25) is 14.9 Å². The van der Waals surface area contributed by atoms with E-state index in [-0.39, 0.29) is 27.2 Å². The number of carbonyl (C=O) groups is 1. The lowest BCUT2D eigenvalue weighted by molar-refractivity contribution is -0.385. The van der Waals surface area contributed by atoms with Crippen molar-refractivity contribution in [3.63, 3.8) is 0 Å². The second-order valence-electron chi connectivity index (χ2n) is 6.69. The average molecular weight is 484 g/mol. The number of sulfonamides is 1. The Kier molecular flexibility index (Phi) is 6.09. The smallest absolute Gasteiger partial charge is 0.318 e. The molecule has 0 fully saturated rings. The molecule has 3 rings (SSSR count). The highest BCUT2D eigenvalue weighted by atomic mass is 32.2. The molecule has 33 heavy (non-hydrogen) atoms. The molecule has 3 aromatic rings. The van der Waals surface area contributed by atoms with Gasteiger partial charge < -0.3 is 5.32 Å². The summed E-state index contributed by atoms with van der Waals surface area (Å²) >= 11 is 0. The van der Waals surface area contributed by atoms with E-state index in [0.29, 0.717) is 4.41 Å². The van der Waals surface area contributed by atoms with Crippen LogP contribution in [-0.2, 0) is 14.8 Å². The van der Waals surface area contributed by atoms with Gasteiger partial charge in [0.25, 0.3) is 15.7 Å². The van der Waals surface area contributed by atoms with Gasteiger partial charge in [-0.25, -0.2) is 4.52 Å². The average Bonchev–Trinajstić information content (AvgIpc) is 3.13. The quantitative estimate of drug-likeness (QED) is 0.324. The molecule has 0 aliphatic carbocycles. The number of rotatable bonds is 6. The monoisotopic (exact) mass is 484 g/mol. The Morgan fingerprint density at radius 2 is 2.00 bits per heavy atom. The number of nitrogens with one attached hydrogen (secondary N) is 1. The van der Waals surface area contributed by atoms with Crippen LogP contribution in [0.3, 0.4) is 0 Å². The summed E-state index contributed by atoms with van der Waals surface area (Å²) in [6.07, 6.45) is -1.39. The topological polar surface area (TPSA) is 139 Å². The van der Waals surface area contributed by atoms with Gasteiger partial charge in [-0.15, -0.1) is 0 Å². The third-order valence-electron chi connectivity index (χ3n) is 4.43. The van der Waals surface area contributed by atoms with Crippen molar-refractivity contribution in [2.75, 3.05) is 12.4 Å². The summed E-state index contributed by atoms with van der Waals surface area (Å²) < 4.78 is 65.0. The molecule has 1 N–H and O–H groups in total. The molecule has 0 atom stereocenters. The van der Waals surface area contributed by atoms with E-state index in [1.807, 2.05) is 0 Å². The number of aromatic nitrogens is 2. The van der Waals surface area contributed by atoms with E-state index in [9.17, 15) is 36.5 Å². The number of hydrogen-bond acceptors (Lipinski definition) is 7. The lowest BCUT2D eigenvalue weighted by atomic mass is 10.2. The Balaban J connectivity index is 1.91. The summed E-state index contributed by atoms with van der Waals surface area (Å²) in [5, 5.41) is 20.5. The lowest BCUT2D eigenvalue weighted by Crippen LogP contribution is -2.29. The first-order chi connectivity index (χ1) is 15.3. The minimum atomic E-state index is -5.07. The standard InChI is InChI=1S/C18H15F3N6O5S/c1-11-3-4-14(27(29)30)8-16(11)33(31,32)25(2)22-9-12-10-23-26-6-5-13(7-15(12)26)24-17(28)18(19,20)21/h3-10H,1-2H3,(H,24,28). The van der Waals surface area contributed by atoms with Crippen LogP contribution in [0.15, 0.2) is 52.7 Å². The normalized spacial score (nSPS) is 12.3. The van der Waals surface area contributed by atoms with Gasteiger partial charge in [-0.1, -0.05) is 6.07 Å². The molecule has 2 aromatic heterocycles. The Bertz CT molecular complexity index is 1380. The SMILES string of the molecule is Cc1ccc([N+](=O)[O-])cc1S(=O)(=O)N(C)N=Cc1cnn2ccc(NC(=O)C(F)(F)F)cc12. The van der Waals surface area contributed by atoms with Crippen LogP contribution in [0.5, 0.6) is 0 Å². The number of hydrogen-bond donors (Lipinski definition) is 1. The van der Waals surface area contributed by atoms with Crippen molar-refractivity contribution in [1.29, 1.82) is 0 Å². The largest absolute Gasteiger partial charge is 0.471 e. The highest BCUT2D eigenvalue weighted by Crippen LogP contribution is 2.25. The molecular formula is C18H15F3N6O5S. The Morgan fingerprint density at radius 3 is 2.64 bits per heavy atom. The fourth-order valence-electron chi connectivity index (χ4n) is 2.71. The van der Waals surface area contributed by atoms with E-state index < -0.39 is 32.7 Å². The Morgan fingerprint density at radius 1 is 1.30 bits per heavy atom. The van der Waals surface area contributed by atoms with Crippen LogP contribution in [0.1, 0.15) is 11.1 Å². The van der Waals surface area contributed by atoms with Crippen LogP contribution in [0.25, 0.3) is 5.52 Å². The van der Waals surface area contributed by atoms with Crippen molar-refractivity contribution in [2.45, 2.75) is 18.0 Å². The number of fused-ring (bicyclic) bond motifs is 1. The summed E-state index contributed by atoms with van der Waals surface area (Å²) in [7, 11) is -3.13. The molecule has 1 amide bonds. The zero-order chi connectivity index (χ0) is 24.6. The number of alkyl halides is 3. The number of pyridine rings is 1. The van der Waals surface area contributed by atoms with Crippen LogP contribution in [-0.4, -0.2) is 52.7 Å². The predicted octanol–water partition coefficient (Wildman–Crippen LogP) is 2.71. The molecule has 1 aromatic carbocycles. The van der Waals surface area contributed by atoms with Gasteiger partial charge in [0, 0.05) is 36.6 Å². The molecule has 0 saturated carbocycles. The van der Waals surface area contributed by atoms with Gasteiger partial charge in [0.1, 0.15) is 0 Å². The van der Waals surface area contributed by atoms with Crippen molar-refractivity contribution < 1.29 is 31.3 Å². The molecule has 0 aliphatic rings. The van der Waals surface area contributed by atoms with Crippen LogP contribution in [0.4, 0.5) is 24.5 Å². The first-order valence-corrected chi connectivity index (χ1v) is 10.4. The number of nitro groups is 1. The van der Waals surface area contributed by atoms with Crippen molar-refractivity contribution in [3.05, 3.63) is 64.0 Å². The number of non-ortho nitro benzene ring substituents is 1. The molecular weight excluding hydrogens is 469 g/mol. The molecule has 0 bridgehead atoms. The molecule has 174 valence electrons. The third kappa shape index (κ3) is 4.92. The maximum atomic E-state index is 12.8. The fraction of sp³-hybridized carbons (Fsp3) is 0.167. The van der Waals surface area contributed by atoms with E-state index in [0.717, 1.165) is 19.3 Å². The molecule has 2 heterocycles. The highest BCUT2D eigenvalue weighted by Gasteiger charge is 2.38. The summed E-state index contributed by atoms with van der Waals surface area (Å²) in [6, 6.07) is 5.79. The van der Waals surface area contributed by atoms with Gasteiger partial charge in [0.15, 0.2) is 0 Å². The minimum absolute atomic E-state index is 0.159. The molecule has 0 saturated heterocycles. The van der Waals surface area contributed by atoms with Crippen LogP contribution >= 0.6 is 0 Å². The number of nitro benzene ring substituents is 1. The van der Waals surface area contributed by atoms with Crippen molar-refractivity contribution in [2.24, 2.45) is 5.10 Å². The predicted molar refractivity (Wildman–Crippen MR) is 110 cm³/mol. The van der Waals surface area contributed by atoms with Crippen molar-refractivity contribution in [1.82, 2.24) is 14.0 Å². The number of anilines is 1. The first-order valence-electron chi connectivity index (χ1n) is 8.94. The van der Waals surface area contributed by atoms with Gasteiger partial charge in [-0.2, -0.15) is 36.2 Å². The molecule has 11 nitrogen and oxygen atoms in total. The number of nitrogens with zero attached hydrogens (tertiary/aromatic N) is 5. The summed E-state index contributed by atoms with van der Waals surface area (Å²) in [6.45, 7) is 1.47. The molecule has 0 unspecified atom stereocenters. The van der Waals surface area contributed by atoms with E-state index in [1.54, 1.807) is 5.32 Å². The number of carbonyl (C=O) groups excluding carboxylic acids is 1. The van der Waals surface area contributed by atoms with Gasteiger partial charge in [0.05, 0.1) is 27.7 Å². The number of amides is 1. The maximum Gasteiger partial charge on any atom is 0.471 e. The highest BCUT2D eigenvalue weighted by molar-refractivity contribution is 7.89. The van der Waals surface area contributed by atoms with E-state index in [4.69, 9.17) is 0 Å². The molecule has 0 aliphatic heterocycles. The molecule has 15 heteroatoms. The van der Waals surface area contributed by atoms with Gasteiger partial charge in [-0.05, 0) is 24.6 Å². The summed E-state index contributed by atoms with van der Waals surface area (Å²) in [5.41, 5.74) is 0.163. The number of halogens is 3. The fourth-order valence-corrected chi connectivity index (χ4v) is 3.91. The van der Waals surface area contributed by atoms with Crippen LogP contribution in [0.2, 0.25) is 0 Å². The maximum absolute atomic E-state index is 12.8. The van der Waals surface area contributed by atoms with Crippen LogP contribution < -0.4 is 5.32 Å². The van der Waals surface area contributed by atoms with Gasteiger partial charge >= 0.3 is 12.1 Å². The van der Waals surface area contributed by atoms with E-state index in [1.165, 1.54) is 48.1 Å². The molecule has 0 radical (unpaired) electrons. The Labute approximate surface area is 184 Å². The first kappa shape index (κ1) is 23.6. The second kappa shape index (κ2) is 8.50. The minimum Gasteiger partial charge on any atom is -0.318 e. The van der Waals surface area contributed by atoms with E-state index >= 15 is 0 Å². The van der Waals surface area contributed by atoms with Gasteiger partial charge in [0.2, 0.25) is 0 Å². The van der Waals surface area contributed by atoms with E-state index in [2.05, 4.69) is 10.2 Å². The Hall–Kier alpha value is -4.01.